The molecule has 0 aliphatic carbocycles. The van der Waals surface area contributed by atoms with Gasteiger partial charge in [-0.3, -0.25) is 0 Å². The van der Waals surface area contributed by atoms with Crippen LogP contribution < -0.4 is 14.8 Å². The van der Waals surface area contributed by atoms with Gasteiger partial charge < -0.3 is 19.6 Å². The molecule has 3 rings (SSSR count). The summed E-state index contributed by atoms with van der Waals surface area (Å²) in [4.78, 5) is 24.4. The summed E-state index contributed by atoms with van der Waals surface area (Å²) in [6.07, 6.45) is 0. The van der Waals surface area contributed by atoms with Crippen molar-refractivity contribution in [1.82, 2.24) is 0 Å². The van der Waals surface area contributed by atoms with Crippen molar-refractivity contribution in [3.05, 3.63) is 83.4 Å². The molecule has 0 spiro atoms. The summed E-state index contributed by atoms with van der Waals surface area (Å²) in [5.41, 5.74) is 2.62. The first kappa shape index (κ1) is 22.8. The number of esters is 1. The number of ether oxygens (including phenoxy) is 1. The smallest absolute Gasteiger partial charge is 0.341 e. The Hall–Kier alpha value is -3.85. The van der Waals surface area contributed by atoms with Gasteiger partial charge in [-0.1, -0.05) is 35.4 Å². The van der Waals surface area contributed by atoms with Crippen LogP contribution in [0.4, 0.5) is 16.2 Å². The second kappa shape index (κ2) is 9.52. The minimum atomic E-state index is -4.23. The summed E-state index contributed by atoms with van der Waals surface area (Å²) in [7, 11) is -3.06. The molecule has 0 aliphatic heterocycles. The Morgan fingerprint density at radius 1 is 0.781 bits per heavy atom. The minimum Gasteiger partial charge on any atom is -0.465 e. The van der Waals surface area contributed by atoms with E-state index in [1.807, 2.05) is 26.0 Å². The Morgan fingerprint density at radius 3 is 1.91 bits per heavy atom. The summed E-state index contributed by atoms with van der Waals surface area (Å²) in [6.45, 7) is 3.75. The second-order valence-corrected chi connectivity index (χ2v) is 8.54. The van der Waals surface area contributed by atoms with Gasteiger partial charge in [0, 0.05) is 17.4 Å². The number of anilines is 2. The predicted molar refractivity (Wildman–Crippen MR) is 121 cm³/mol. The van der Waals surface area contributed by atoms with E-state index in [9.17, 15) is 18.0 Å². The lowest BCUT2D eigenvalue weighted by Crippen LogP contribution is -2.20. The van der Waals surface area contributed by atoms with E-state index in [4.69, 9.17) is 8.92 Å². The quantitative estimate of drug-likeness (QED) is 0.419. The van der Waals surface area contributed by atoms with Crippen LogP contribution in [0.2, 0.25) is 0 Å². The average Bonchev–Trinajstić information content (AvgIpc) is 2.75. The highest BCUT2D eigenvalue weighted by Crippen LogP contribution is 2.28. The maximum Gasteiger partial charge on any atom is 0.341 e. The molecule has 0 aliphatic rings. The van der Waals surface area contributed by atoms with Crippen LogP contribution in [-0.4, -0.2) is 27.5 Å². The van der Waals surface area contributed by atoms with Crippen molar-refractivity contribution < 1.29 is 26.9 Å². The number of carbonyl (C=O) groups excluding carboxylic acids is 2. The average molecular weight is 455 g/mol. The first-order valence-electron chi connectivity index (χ1n) is 9.56. The van der Waals surface area contributed by atoms with E-state index in [0.717, 1.165) is 11.1 Å². The molecule has 0 saturated carbocycles. The SMILES string of the molecule is COC(=O)c1ccc(NC(=O)Nc2ccc(C)cc2)cc1OS(=O)(=O)c1ccc(C)cc1. The Kier molecular flexibility index (Phi) is 6.79. The fraction of sp³-hybridized carbons (Fsp3) is 0.130. The molecule has 0 fully saturated rings. The van der Waals surface area contributed by atoms with Gasteiger partial charge in [0.05, 0.1) is 7.11 Å². The van der Waals surface area contributed by atoms with Gasteiger partial charge in [0.2, 0.25) is 0 Å². The molecule has 3 aromatic rings. The summed E-state index contributed by atoms with van der Waals surface area (Å²) in [5, 5.41) is 5.25. The molecule has 0 bridgehead atoms. The van der Waals surface area contributed by atoms with Crippen molar-refractivity contribution in [3.8, 4) is 5.75 Å². The molecule has 32 heavy (non-hydrogen) atoms. The van der Waals surface area contributed by atoms with Gasteiger partial charge in [-0.2, -0.15) is 8.42 Å². The number of amides is 2. The van der Waals surface area contributed by atoms with Crippen molar-refractivity contribution in [3.63, 3.8) is 0 Å². The molecule has 0 aromatic heterocycles. The van der Waals surface area contributed by atoms with Crippen LogP contribution in [-0.2, 0) is 14.9 Å². The van der Waals surface area contributed by atoms with Gasteiger partial charge >= 0.3 is 22.1 Å². The number of urea groups is 1. The number of carbonyl (C=O) groups is 2. The number of hydrogen-bond donors (Lipinski definition) is 2. The number of hydrogen-bond acceptors (Lipinski definition) is 6. The highest BCUT2D eigenvalue weighted by atomic mass is 32.2. The fourth-order valence-corrected chi connectivity index (χ4v) is 3.69. The lowest BCUT2D eigenvalue weighted by atomic mass is 10.2. The zero-order chi connectivity index (χ0) is 23.3. The van der Waals surface area contributed by atoms with E-state index in [1.54, 1.807) is 24.3 Å². The first-order valence-corrected chi connectivity index (χ1v) is 11.0. The van der Waals surface area contributed by atoms with Crippen LogP contribution >= 0.6 is 0 Å². The number of aryl methyl sites for hydroxylation is 2. The van der Waals surface area contributed by atoms with Crippen LogP contribution in [0.3, 0.4) is 0 Å². The topological polar surface area (TPSA) is 111 Å². The van der Waals surface area contributed by atoms with Gasteiger partial charge in [-0.15, -0.1) is 0 Å². The van der Waals surface area contributed by atoms with Crippen molar-refractivity contribution >= 4 is 33.5 Å². The van der Waals surface area contributed by atoms with Crippen LogP contribution in [0.5, 0.6) is 5.75 Å². The van der Waals surface area contributed by atoms with E-state index >= 15 is 0 Å². The number of nitrogens with one attached hydrogen (secondary N) is 2. The Morgan fingerprint density at radius 2 is 1.31 bits per heavy atom. The van der Waals surface area contributed by atoms with Crippen LogP contribution in [0, 0.1) is 13.8 Å². The normalized spacial score (nSPS) is 10.8. The van der Waals surface area contributed by atoms with Crippen molar-refractivity contribution in [2.24, 2.45) is 0 Å². The summed E-state index contributed by atoms with van der Waals surface area (Å²) in [6, 6.07) is 16.7. The monoisotopic (exact) mass is 454 g/mol. The lowest BCUT2D eigenvalue weighted by Gasteiger charge is -2.13. The molecular formula is C23H22N2O6S. The molecule has 0 unspecified atom stereocenters. The minimum absolute atomic E-state index is 0.0746. The molecule has 0 heterocycles. The van der Waals surface area contributed by atoms with Crippen molar-refractivity contribution in [2.75, 3.05) is 17.7 Å². The molecule has 0 atom stereocenters. The summed E-state index contributed by atoms with van der Waals surface area (Å²) < 4.78 is 35.4. The standard InChI is InChI=1S/C23H22N2O6S/c1-15-4-8-17(9-5-15)24-23(27)25-18-10-13-20(22(26)30-3)21(14-18)31-32(28,29)19-11-6-16(2)7-12-19/h4-14H,1-3H3,(H2,24,25,27). The summed E-state index contributed by atoms with van der Waals surface area (Å²) >= 11 is 0. The van der Waals surface area contributed by atoms with Crippen LogP contribution in [0.25, 0.3) is 0 Å². The Labute approximate surface area is 186 Å². The van der Waals surface area contributed by atoms with E-state index in [1.165, 1.54) is 37.4 Å². The highest BCUT2D eigenvalue weighted by Gasteiger charge is 2.22. The highest BCUT2D eigenvalue weighted by molar-refractivity contribution is 7.87. The maximum absolute atomic E-state index is 12.7. The fourth-order valence-electron chi connectivity index (χ4n) is 2.75. The zero-order valence-electron chi connectivity index (χ0n) is 17.7. The number of benzene rings is 3. The molecule has 0 saturated heterocycles. The van der Waals surface area contributed by atoms with Crippen molar-refractivity contribution in [2.45, 2.75) is 18.7 Å². The Bertz CT molecular complexity index is 1240. The van der Waals surface area contributed by atoms with Gasteiger partial charge in [0.15, 0.2) is 5.75 Å². The molecule has 9 heteroatoms. The van der Waals surface area contributed by atoms with Gasteiger partial charge in [0.25, 0.3) is 0 Å². The molecule has 0 radical (unpaired) electrons. The molecule has 2 N–H and O–H groups in total. The van der Waals surface area contributed by atoms with E-state index in [0.29, 0.717) is 5.69 Å². The zero-order valence-corrected chi connectivity index (χ0v) is 18.5. The molecular weight excluding hydrogens is 432 g/mol. The number of rotatable bonds is 6. The van der Waals surface area contributed by atoms with Crippen LogP contribution in [0.1, 0.15) is 21.5 Å². The molecule has 3 aromatic carbocycles. The van der Waals surface area contributed by atoms with Gasteiger partial charge in [-0.05, 0) is 50.2 Å². The second-order valence-electron chi connectivity index (χ2n) is 7.00. The largest absolute Gasteiger partial charge is 0.465 e. The summed E-state index contributed by atoms with van der Waals surface area (Å²) in [5.74, 6) is -1.06. The molecule has 2 amide bonds. The maximum atomic E-state index is 12.7. The third kappa shape index (κ3) is 5.64. The van der Waals surface area contributed by atoms with E-state index < -0.39 is 22.1 Å². The molecule has 166 valence electrons. The molecule has 8 nitrogen and oxygen atoms in total. The van der Waals surface area contributed by atoms with Crippen molar-refractivity contribution in [1.29, 1.82) is 0 Å². The Balaban J connectivity index is 1.86. The lowest BCUT2D eigenvalue weighted by molar-refractivity contribution is 0.0599. The first-order chi connectivity index (χ1) is 15.2. The third-order valence-corrected chi connectivity index (χ3v) is 5.71. The van der Waals surface area contributed by atoms with E-state index in [-0.39, 0.29) is 21.9 Å². The number of methoxy groups -OCH3 is 1. The predicted octanol–water partition coefficient (Wildman–Crippen LogP) is 4.50. The third-order valence-electron chi connectivity index (χ3n) is 4.46. The van der Waals surface area contributed by atoms with Crippen LogP contribution in [0.15, 0.2) is 71.6 Å². The van der Waals surface area contributed by atoms with E-state index in [2.05, 4.69) is 10.6 Å². The van der Waals surface area contributed by atoms with Gasteiger partial charge in [0.1, 0.15) is 10.5 Å². The van der Waals surface area contributed by atoms with Gasteiger partial charge in [-0.25, -0.2) is 9.59 Å².